The van der Waals surface area contributed by atoms with Crippen molar-refractivity contribution in [2.24, 2.45) is 0 Å². The van der Waals surface area contributed by atoms with Crippen LogP contribution >= 0.6 is 0 Å². The van der Waals surface area contributed by atoms with Crippen LogP contribution in [0.25, 0.3) is 6.08 Å². The molecule has 0 fully saturated rings. The van der Waals surface area contributed by atoms with E-state index < -0.39 is 0 Å². The Kier molecular flexibility index (Phi) is 4.02. The lowest BCUT2D eigenvalue weighted by Gasteiger charge is -2.07. The second-order valence-electron chi connectivity index (χ2n) is 3.98. The predicted molar refractivity (Wildman–Crippen MR) is 73.8 cm³/mol. The number of benzene rings is 2. The first-order chi connectivity index (χ1) is 8.81. The third-order valence-corrected chi connectivity index (χ3v) is 2.76. The smallest absolute Gasteiger partial charge is 0.126 e. The number of ether oxygens (including phenoxy) is 1. The van der Waals surface area contributed by atoms with Gasteiger partial charge < -0.3 is 9.84 Å². The van der Waals surface area contributed by atoms with Crippen molar-refractivity contribution in [3.05, 3.63) is 65.7 Å². The predicted octanol–water partition coefficient (Wildman–Crippen LogP) is 3.66. The summed E-state index contributed by atoms with van der Waals surface area (Å²) in [5.74, 6) is 0.986. The van der Waals surface area contributed by atoms with Crippen molar-refractivity contribution in [3.8, 4) is 11.5 Å². The second-order valence-corrected chi connectivity index (χ2v) is 3.98. The summed E-state index contributed by atoms with van der Waals surface area (Å²) in [6.07, 6.45) is 4.70. The van der Waals surface area contributed by atoms with Gasteiger partial charge in [0.1, 0.15) is 11.5 Å². The molecule has 92 valence electrons. The molecule has 0 heterocycles. The molecule has 0 aliphatic rings. The second kappa shape index (κ2) is 5.92. The van der Waals surface area contributed by atoms with Gasteiger partial charge in [-0.1, -0.05) is 48.6 Å². The van der Waals surface area contributed by atoms with E-state index in [9.17, 15) is 5.11 Å². The van der Waals surface area contributed by atoms with Gasteiger partial charge in [0, 0.05) is 5.56 Å². The third-order valence-electron chi connectivity index (χ3n) is 2.76. The first-order valence-corrected chi connectivity index (χ1v) is 5.87. The van der Waals surface area contributed by atoms with Crippen molar-refractivity contribution in [1.82, 2.24) is 0 Å². The zero-order chi connectivity index (χ0) is 12.8. The lowest BCUT2D eigenvalue weighted by Crippen LogP contribution is -1.91. The number of aromatic hydroxyl groups is 1. The lowest BCUT2D eigenvalue weighted by atomic mass is 10.1. The van der Waals surface area contributed by atoms with Crippen LogP contribution < -0.4 is 4.74 Å². The monoisotopic (exact) mass is 240 g/mol. The highest BCUT2D eigenvalue weighted by atomic mass is 16.5. The number of hydrogen-bond acceptors (Lipinski definition) is 2. The first kappa shape index (κ1) is 12.2. The van der Waals surface area contributed by atoms with Crippen LogP contribution in [0.1, 0.15) is 11.1 Å². The summed E-state index contributed by atoms with van der Waals surface area (Å²) >= 11 is 0. The van der Waals surface area contributed by atoms with Crippen LogP contribution in [0.4, 0.5) is 0 Å². The number of allylic oxidation sites excluding steroid dienone is 1. The van der Waals surface area contributed by atoms with Crippen LogP contribution in [0, 0.1) is 0 Å². The number of hydrogen-bond donors (Lipinski definition) is 1. The largest absolute Gasteiger partial charge is 0.508 e. The molecule has 0 aliphatic heterocycles. The molecule has 2 nitrogen and oxygen atoms in total. The maximum absolute atomic E-state index is 9.81. The van der Waals surface area contributed by atoms with E-state index >= 15 is 0 Å². The van der Waals surface area contributed by atoms with E-state index in [1.165, 1.54) is 0 Å². The molecule has 0 aromatic heterocycles. The number of phenolic OH excluding ortho intramolecular Hbond substituents is 1. The van der Waals surface area contributed by atoms with Crippen LogP contribution in [-0.4, -0.2) is 12.2 Å². The van der Waals surface area contributed by atoms with Crippen molar-refractivity contribution in [2.45, 2.75) is 6.42 Å². The Hall–Kier alpha value is -2.22. The Labute approximate surface area is 107 Å². The molecule has 0 radical (unpaired) electrons. The highest BCUT2D eigenvalue weighted by Crippen LogP contribution is 2.27. The fourth-order valence-corrected chi connectivity index (χ4v) is 1.83. The van der Waals surface area contributed by atoms with Gasteiger partial charge in [0.05, 0.1) is 7.11 Å². The van der Waals surface area contributed by atoms with Crippen LogP contribution in [0.3, 0.4) is 0 Å². The van der Waals surface area contributed by atoms with E-state index in [1.54, 1.807) is 19.2 Å². The molecule has 2 heteroatoms. The Morgan fingerprint density at radius 3 is 2.56 bits per heavy atom. The van der Waals surface area contributed by atoms with Crippen molar-refractivity contribution in [3.63, 3.8) is 0 Å². The van der Waals surface area contributed by atoms with Gasteiger partial charge in [0.2, 0.25) is 0 Å². The third kappa shape index (κ3) is 2.92. The highest BCUT2D eigenvalue weighted by Gasteiger charge is 2.05. The summed E-state index contributed by atoms with van der Waals surface area (Å²) in [4.78, 5) is 0. The molecular weight excluding hydrogens is 224 g/mol. The molecule has 2 rings (SSSR count). The van der Waals surface area contributed by atoms with Crippen LogP contribution in [0.5, 0.6) is 11.5 Å². The van der Waals surface area contributed by atoms with Crippen LogP contribution in [0.2, 0.25) is 0 Å². The van der Waals surface area contributed by atoms with E-state index in [1.807, 2.05) is 48.6 Å². The van der Waals surface area contributed by atoms with Crippen molar-refractivity contribution >= 4 is 6.08 Å². The van der Waals surface area contributed by atoms with Crippen molar-refractivity contribution in [1.29, 1.82) is 0 Å². The van der Waals surface area contributed by atoms with Gasteiger partial charge in [-0.25, -0.2) is 0 Å². The maximum Gasteiger partial charge on any atom is 0.126 e. The summed E-state index contributed by atoms with van der Waals surface area (Å²) in [6.45, 7) is 0. The minimum Gasteiger partial charge on any atom is -0.508 e. The summed E-state index contributed by atoms with van der Waals surface area (Å²) in [7, 11) is 1.61. The maximum atomic E-state index is 9.81. The molecule has 1 N–H and O–H groups in total. The van der Waals surface area contributed by atoms with Gasteiger partial charge in [-0.2, -0.15) is 0 Å². The SMILES string of the molecule is COc1cccc(O)c1CC=Cc1ccccc1. The summed E-state index contributed by atoms with van der Waals surface area (Å²) in [5.41, 5.74) is 1.96. The van der Waals surface area contributed by atoms with Crippen molar-refractivity contribution in [2.75, 3.05) is 7.11 Å². The van der Waals surface area contributed by atoms with Gasteiger partial charge in [-0.05, 0) is 24.1 Å². The Morgan fingerprint density at radius 2 is 1.83 bits per heavy atom. The first-order valence-electron chi connectivity index (χ1n) is 5.87. The molecule has 2 aromatic carbocycles. The zero-order valence-electron chi connectivity index (χ0n) is 10.3. The molecular formula is C16H16O2. The summed E-state index contributed by atoms with van der Waals surface area (Å²) < 4.78 is 5.24. The molecule has 0 aliphatic carbocycles. The van der Waals surface area contributed by atoms with E-state index in [0.29, 0.717) is 12.2 Å². The zero-order valence-corrected chi connectivity index (χ0v) is 10.3. The Morgan fingerprint density at radius 1 is 1.06 bits per heavy atom. The number of methoxy groups -OCH3 is 1. The van der Waals surface area contributed by atoms with Crippen LogP contribution in [-0.2, 0) is 6.42 Å². The molecule has 0 saturated heterocycles. The molecule has 2 aromatic rings. The molecule has 0 saturated carbocycles. The lowest BCUT2D eigenvalue weighted by molar-refractivity contribution is 0.401. The quantitative estimate of drug-likeness (QED) is 0.883. The van der Waals surface area contributed by atoms with Gasteiger partial charge in [0.25, 0.3) is 0 Å². The Balaban J connectivity index is 2.13. The van der Waals surface area contributed by atoms with Gasteiger partial charge in [-0.15, -0.1) is 0 Å². The van der Waals surface area contributed by atoms with Gasteiger partial charge in [0.15, 0.2) is 0 Å². The highest BCUT2D eigenvalue weighted by molar-refractivity contribution is 5.51. The van der Waals surface area contributed by atoms with Crippen molar-refractivity contribution < 1.29 is 9.84 Å². The van der Waals surface area contributed by atoms with Gasteiger partial charge >= 0.3 is 0 Å². The molecule has 0 atom stereocenters. The molecule has 18 heavy (non-hydrogen) atoms. The normalized spacial score (nSPS) is 10.7. The molecule has 0 bridgehead atoms. The van der Waals surface area contributed by atoms with E-state index in [-0.39, 0.29) is 5.75 Å². The average molecular weight is 240 g/mol. The molecule has 0 amide bonds. The van der Waals surface area contributed by atoms with Crippen LogP contribution in [0.15, 0.2) is 54.6 Å². The summed E-state index contributed by atoms with van der Waals surface area (Å²) in [6, 6.07) is 15.4. The summed E-state index contributed by atoms with van der Waals surface area (Å²) in [5, 5.41) is 9.81. The minimum atomic E-state index is 0.270. The number of phenols is 1. The fourth-order valence-electron chi connectivity index (χ4n) is 1.83. The fraction of sp³-hybridized carbons (Fsp3) is 0.125. The van der Waals surface area contributed by atoms with E-state index in [2.05, 4.69) is 0 Å². The Bertz CT molecular complexity index is 530. The molecule has 0 unspecified atom stereocenters. The topological polar surface area (TPSA) is 29.5 Å². The van der Waals surface area contributed by atoms with Gasteiger partial charge in [-0.3, -0.25) is 0 Å². The molecule has 0 spiro atoms. The number of rotatable bonds is 4. The van der Waals surface area contributed by atoms with E-state index in [0.717, 1.165) is 11.1 Å². The standard InChI is InChI=1S/C16H16O2/c1-18-16-12-6-11-15(17)14(16)10-5-9-13-7-3-2-4-8-13/h2-9,11-12,17H,10H2,1H3. The minimum absolute atomic E-state index is 0.270. The average Bonchev–Trinajstić information content (AvgIpc) is 2.41. The van der Waals surface area contributed by atoms with E-state index in [4.69, 9.17) is 4.74 Å².